The molecule has 0 atom stereocenters. The van der Waals surface area contributed by atoms with Crippen LogP contribution in [0.3, 0.4) is 0 Å². The molecule has 2 N–H and O–H groups in total. The van der Waals surface area contributed by atoms with Gasteiger partial charge in [0.15, 0.2) is 0 Å². The molecule has 7 nitrogen and oxygen atoms in total. The third-order valence-electron chi connectivity index (χ3n) is 3.66. The molecule has 0 aliphatic rings. The van der Waals surface area contributed by atoms with Crippen molar-refractivity contribution < 1.29 is 14.3 Å². The molecule has 132 valence electrons. The molecular weight excluding hydrogens is 320 g/mol. The molecule has 0 aliphatic heterocycles. The zero-order valence-electron chi connectivity index (χ0n) is 14.6. The number of hydrogen-bond acceptors (Lipinski definition) is 6. The van der Waals surface area contributed by atoms with E-state index in [2.05, 4.69) is 28.8 Å². The first-order chi connectivity index (χ1) is 12.2. The van der Waals surface area contributed by atoms with Gasteiger partial charge in [-0.05, 0) is 30.7 Å². The number of anilines is 2. The first-order valence-corrected chi connectivity index (χ1v) is 7.91. The highest BCUT2D eigenvalue weighted by Gasteiger charge is 2.14. The van der Waals surface area contributed by atoms with Gasteiger partial charge in [0.05, 0.1) is 11.0 Å². The van der Waals surface area contributed by atoms with E-state index in [1.807, 2.05) is 17.7 Å². The van der Waals surface area contributed by atoms with Crippen LogP contribution in [0.5, 0.6) is 0 Å². The van der Waals surface area contributed by atoms with E-state index in [0.29, 0.717) is 17.5 Å². The number of carbonyl (C=O) groups is 1. The van der Waals surface area contributed by atoms with Gasteiger partial charge in [0.25, 0.3) is 0 Å². The van der Waals surface area contributed by atoms with Crippen molar-refractivity contribution in [2.45, 2.75) is 19.8 Å². The summed E-state index contributed by atoms with van der Waals surface area (Å²) in [5, 5.41) is 10.1. The van der Waals surface area contributed by atoms with Gasteiger partial charge in [0.1, 0.15) is 17.7 Å². The van der Waals surface area contributed by atoms with Crippen molar-refractivity contribution in [3.05, 3.63) is 41.8 Å². The van der Waals surface area contributed by atoms with Gasteiger partial charge in [0.2, 0.25) is 5.95 Å². The summed E-state index contributed by atoms with van der Waals surface area (Å²) < 4.78 is 7.63. The number of aldehydes is 1. The lowest BCUT2D eigenvalue weighted by Gasteiger charge is -2.01. The standard InChI is InChI=1S/C17H18N4O2.CH4O/c1-4-6-15-12(5-2)19-17(23-15)20-16-18-13-9-11(10-22)7-8-14(13)21(16)3;1-2/h5,7-10H,2,4,6H2,1,3H3,(H,18,19,20);2H,1H3. The zero-order chi connectivity index (χ0) is 18.4. The normalized spacial score (nSPS) is 10.2. The molecule has 2 aromatic heterocycles. The molecule has 0 aliphatic carbocycles. The monoisotopic (exact) mass is 342 g/mol. The van der Waals surface area contributed by atoms with Crippen LogP contribution in [0, 0.1) is 0 Å². The average Bonchev–Trinajstić information content (AvgIpc) is 3.17. The van der Waals surface area contributed by atoms with Crippen molar-refractivity contribution in [2.75, 3.05) is 12.4 Å². The van der Waals surface area contributed by atoms with Crippen LogP contribution in [0.25, 0.3) is 17.1 Å². The number of rotatable bonds is 6. The number of carbonyl (C=O) groups excluding carboxylic acids is 1. The van der Waals surface area contributed by atoms with Crippen molar-refractivity contribution in [1.29, 1.82) is 0 Å². The van der Waals surface area contributed by atoms with Crippen LogP contribution >= 0.6 is 0 Å². The fraction of sp³-hybridized carbons (Fsp3) is 0.278. The van der Waals surface area contributed by atoms with Gasteiger partial charge in [-0.1, -0.05) is 13.5 Å². The molecule has 7 heteroatoms. The minimum absolute atomic E-state index is 0.386. The number of aromatic nitrogens is 3. The second-order valence-corrected chi connectivity index (χ2v) is 5.27. The van der Waals surface area contributed by atoms with Gasteiger partial charge in [0, 0.05) is 26.1 Å². The molecule has 0 fully saturated rings. The summed E-state index contributed by atoms with van der Waals surface area (Å²) in [4.78, 5) is 19.8. The molecule has 25 heavy (non-hydrogen) atoms. The van der Waals surface area contributed by atoms with Gasteiger partial charge < -0.3 is 14.1 Å². The maximum absolute atomic E-state index is 10.9. The maximum Gasteiger partial charge on any atom is 0.302 e. The first-order valence-electron chi connectivity index (χ1n) is 7.91. The fourth-order valence-electron chi connectivity index (χ4n) is 2.48. The van der Waals surface area contributed by atoms with Crippen LogP contribution in [-0.4, -0.2) is 33.0 Å². The summed E-state index contributed by atoms with van der Waals surface area (Å²) in [7, 11) is 2.89. The SMILES string of the molecule is C=Cc1nc(Nc2nc3cc(C=O)ccc3n2C)oc1CCC.CO. The number of nitrogens with one attached hydrogen (secondary N) is 1. The second-order valence-electron chi connectivity index (χ2n) is 5.27. The van der Waals surface area contributed by atoms with Gasteiger partial charge in [-0.3, -0.25) is 10.1 Å². The third-order valence-corrected chi connectivity index (χ3v) is 3.66. The van der Waals surface area contributed by atoms with Crippen molar-refractivity contribution in [3.63, 3.8) is 0 Å². The first kappa shape index (κ1) is 18.4. The number of benzene rings is 1. The van der Waals surface area contributed by atoms with E-state index in [4.69, 9.17) is 9.52 Å². The molecule has 3 rings (SSSR count). The quantitative estimate of drug-likeness (QED) is 0.668. The summed E-state index contributed by atoms with van der Waals surface area (Å²) in [5.41, 5.74) is 3.00. The lowest BCUT2D eigenvalue weighted by molar-refractivity contribution is 0.112. The largest absolute Gasteiger partial charge is 0.428 e. The van der Waals surface area contributed by atoms with Crippen LogP contribution in [0.4, 0.5) is 12.0 Å². The van der Waals surface area contributed by atoms with Crippen molar-refractivity contribution in [2.24, 2.45) is 7.05 Å². The van der Waals surface area contributed by atoms with Crippen LogP contribution in [-0.2, 0) is 13.5 Å². The Morgan fingerprint density at radius 3 is 2.76 bits per heavy atom. The summed E-state index contributed by atoms with van der Waals surface area (Å²) in [6.07, 6.45) is 4.27. The van der Waals surface area contributed by atoms with Gasteiger partial charge in [-0.25, -0.2) is 4.98 Å². The highest BCUT2D eigenvalue weighted by molar-refractivity contribution is 5.86. The van der Waals surface area contributed by atoms with E-state index in [-0.39, 0.29) is 0 Å². The Morgan fingerprint density at radius 2 is 2.12 bits per heavy atom. The highest BCUT2D eigenvalue weighted by Crippen LogP contribution is 2.24. The lowest BCUT2D eigenvalue weighted by Crippen LogP contribution is -1.99. The molecule has 0 unspecified atom stereocenters. The number of oxazole rings is 1. The molecule has 0 radical (unpaired) electrons. The van der Waals surface area contributed by atoms with Gasteiger partial charge >= 0.3 is 6.01 Å². The zero-order valence-corrected chi connectivity index (χ0v) is 14.6. The van der Waals surface area contributed by atoms with Crippen LogP contribution in [0.1, 0.15) is 35.2 Å². The van der Waals surface area contributed by atoms with Crippen LogP contribution in [0.15, 0.2) is 29.2 Å². The number of hydrogen-bond donors (Lipinski definition) is 2. The third kappa shape index (κ3) is 3.77. The maximum atomic E-state index is 10.9. The number of aliphatic hydroxyl groups excluding tert-OH is 1. The predicted octanol–water partition coefficient (Wildman–Crippen LogP) is 3.32. The summed E-state index contributed by atoms with van der Waals surface area (Å²) in [6, 6.07) is 5.77. The van der Waals surface area contributed by atoms with E-state index in [9.17, 15) is 4.79 Å². The van der Waals surface area contributed by atoms with Crippen molar-refractivity contribution >= 4 is 35.4 Å². The number of nitrogens with zero attached hydrogens (tertiary/aromatic N) is 3. The molecule has 0 saturated heterocycles. The Kier molecular flexibility index (Phi) is 6.08. The van der Waals surface area contributed by atoms with Gasteiger partial charge in [-0.15, -0.1) is 0 Å². The lowest BCUT2D eigenvalue weighted by atomic mass is 10.2. The summed E-state index contributed by atoms with van der Waals surface area (Å²) in [6.45, 7) is 5.84. The van der Waals surface area contributed by atoms with Crippen molar-refractivity contribution in [1.82, 2.24) is 14.5 Å². The molecule has 0 amide bonds. The van der Waals surface area contributed by atoms with Crippen LogP contribution < -0.4 is 5.32 Å². The van der Waals surface area contributed by atoms with Crippen molar-refractivity contribution in [3.8, 4) is 0 Å². The molecule has 1 aromatic carbocycles. The molecule has 2 heterocycles. The minimum atomic E-state index is 0.386. The van der Waals surface area contributed by atoms with Crippen LogP contribution in [0.2, 0.25) is 0 Å². The van der Waals surface area contributed by atoms with E-state index < -0.39 is 0 Å². The summed E-state index contributed by atoms with van der Waals surface area (Å²) >= 11 is 0. The van der Waals surface area contributed by atoms with E-state index in [1.165, 1.54) is 0 Å². The average molecular weight is 342 g/mol. The Balaban J connectivity index is 0.00000109. The summed E-state index contributed by atoms with van der Waals surface area (Å²) in [5.74, 6) is 1.41. The number of imidazole rings is 1. The number of aliphatic hydroxyl groups is 1. The Hall–Kier alpha value is -2.93. The van der Waals surface area contributed by atoms with E-state index >= 15 is 0 Å². The topological polar surface area (TPSA) is 93.2 Å². The van der Waals surface area contributed by atoms with E-state index in [0.717, 1.165) is 48.7 Å². The van der Waals surface area contributed by atoms with Gasteiger partial charge in [-0.2, -0.15) is 4.98 Å². The number of aryl methyl sites for hydroxylation is 2. The second kappa shape index (κ2) is 8.25. The molecule has 3 aromatic rings. The van der Waals surface area contributed by atoms with E-state index in [1.54, 1.807) is 18.2 Å². The molecule has 0 spiro atoms. The number of fused-ring (bicyclic) bond motifs is 1. The Labute approximate surface area is 146 Å². The molecule has 0 saturated carbocycles. The Morgan fingerprint density at radius 1 is 1.36 bits per heavy atom. The fourth-order valence-corrected chi connectivity index (χ4v) is 2.48. The smallest absolute Gasteiger partial charge is 0.302 e. The molecule has 0 bridgehead atoms. The minimum Gasteiger partial charge on any atom is -0.428 e. The highest BCUT2D eigenvalue weighted by atomic mass is 16.4. The predicted molar refractivity (Wildman–Crippen MR) is 98.1 cm³/mol. The molecular formula is C18H22N4O3. The Bertz CT molecular complexity index is 880.